The lowest BCUT2D eigenvalue weighted by atomic mass is 10.1. The van der Waals surface area contributed by atoms with Crippen LogP contribution in [0, 0.1) is 25.2 Å². The second-order valence-corrected chi connectivity index (χ2v) is 5.30. The third kappa shape index (κ3) is 7.00. The van der Waals surface area contributed by atoms with Crippen LogP contribution in [0.5, 0.6) is 0 Å². The Kier molecular flexibility index (Phi) is 7.71. The van der Waals surface area contributed by atoms with Crippen molar-refractivity contribution in [3.05, 3.63) is 17.0 Å². The van der Waals surface area contributed by atoms with E-state index in [1.807, 2.05) is 13.8 Å². The Bertz CT molecular complexity index is 591. The van der Waals surface area contributed by atoms with Gasteiger partial charge in [0.25, 0.3) is 0 Å². The molecule has 24 heavy (non-hydrogen) atoms. The van der Waals surface area contributed by atoms with Gasteiger partial charge in [0.05, 0.1) is 31.3 Å². The van der Waals surface area contributed by atoms with Gasteiger partial charge in [-0.25, -0.2) is 0 Å². The number of nitrogens with zero attached hydrogens (tertiary/aromatic N) is 3. The van der Waals surface area contributed by atoms with Crippen LogP contribution in [0.3, 0.4) is 0 Å². The number of carbonyl (C=O) groups is 1. The minimum atomic E-state index is -4.36. The Hall–Kier alpha value is -2.08. The average molecular weight is 346 g/mol. The highest BCUT2D eigenvalue weighted by Crippen LogP contribution is 2.16. The molecule has 0 aliphatic rings. The molecule has 1 rings (SSSR count). The van der Waals surface area contributed by atoms with E-state index < -0.39 is 12.8 Å². The second kappa shape index (κ2) is 9.27. The summed E-state index contributed by atoms with van der Waals surface area (Å²) >= 11 is 0. The third-order valence-electron chi connectivity index (χ3n) is 3.40. The normalized spacial score (nSPS) is 11.3. The van der Waals surface area contributed by atoms with Crippen molar-refractivity contribution < 1.29 is 22.7 Å². The molecule has 1 amide bonds. The first kappa shape index (κ1) is 20.0. The average Bonchev–Trinajstić information content (AvgIpc) is 2.75. The first-order valence-electron chi connectivity index (χ1n) is 7.55. The molecular formula is C15H21F3N4O2. The molecule has 134 valence electrons. The van der Waals surface area contributed by atoms with Gasteiger partial charge >= 0.3 is 6.18 Å². The molecule has 0 saturated carbocycles. The van der Waals surface area contributed by atoms with Crippen molar-refractivity contribution in [1.82, 2.24) is 15.1 Å². The van der Waals surface area contributed by atoms with Gasteiger partial charge in [-0.1, -0.05) is 0 Å². The Labute approximate surface area is 138 Å². The molecule has 0 atom stereocenters. The predicted molar refractivity (Wildman–Crippen MR) is 80.1 cm³/mol. The molecule has 0 aromatic carbocycles. The van der Waals surface area contributed by atoms with Gasteiger partial charge in [-0.15, -0.1) is 0 Å². The summed E-state index contributed by atoms with van der Waals surface area (Å²) in [4.78, 5) is 11.7. The standard InChI is InChI=1S/C15H21F3N4O2/c1-11-13(12(2)22(21-11)8-3-6-19)4-5-14(23)20-7-9-24-10-15(16,17)18/h3-5,7-10H2,1-2H3,(H,20,23). The van der Waals surface area contributed by atoms with Gasteiger partial charge in [0.1, 0.15) is 6.61 Å². The number of carbonyl (C=O) groups excluding carboxylic acids is 1. The van der Waals surface area contributed by atoms with E-state index in [2.05, 4.69) is 21.2 Å². The van der Waals surface area contributed by atoms with Crippen LogP contribution in [0.2, 0.25) is 0 Å². The molecule has 1 aromatic rings. The minimum Gasteiger partial charge on any atom is -0.370 e. The largest absolute Gasteiger partial charge is 0.411 e. The minimum absolute atomic E-state index is 0.0360. The highest BCUT2D eigenvalue weighted by atomic mass is 19.4. The van der Waals surface area contributed by atoms with Crippen molar-refractivity contribution in [3.63, 3.8) is 0 Å². The van der Waals surface area contributed by atoms with E-state index in [1.165, 1.54) is 0 Å². The molecule has 0 unspecified atom stereocenters. The Morgan fingerprint density at radius 3 is 2.75 bits per heavy atom. The van der Waals surface area contributed by atoms with E-state index in [9.17, 15) is 18.0 Å². The summed E-state index contributed by atoms with van der Waals surface area (Å²) in [5.74, 6) is -0.255. The molecule has 1 N–H and O–H groups in total. The summed E-state index contributed by atoms with van der Waals surface area (Å²) in [6.45, 7) is 2.77. The lowest BCUT2D eigenvalue weighted by Gasteiger charge is -2.08. The van der Waals surface area contributed by atoms with Crippen molar-refractivity contribution in [3.8, 4) is 6.07 Å². The number of rotatable bonds is 9. The van der Waals surface area contributed by atoms with Gasteiger partial charge in [0.15, 0.2) is 0 Å². The number of ether oxygens (including phenoxy) is 1. The van der Waals surface area contributed by atoms with E-state index in [4.69, 9.17) is 5.26 Å². The SMILES string of the molecule is Cc1nn(CCC#N)c(C)c1CCC(=O)NCCOCC(F)(F)F. The number of halogens is 3. The highest BCUT2D eigenvalue weighted by molar-refractivity contribution is 5.76. The highest BCUT2D eigenvalue weighted by Gasteiger charge is 2.27. The van der Waals surface area contributed by atoms with E-state index >= 15 is 0 Å². The molecule has 1 aromatic heterocycles. The monoisotopic (exact) mass is 346 g/mol. The second-order valence-electron chi connectivity index (χ2n) is 5.30. The number of amides is 1. The summed E-state index contributed by atoms with van der Waals surface area (Å²) in [5, 5.41) is 15.5. The maximum Gasteiger partial charge on any atom is 0.411 e. The van der Waals surface area contributed by atoms with Crippen LogP contribution in [0.1, 0.15) is 29.8 Å². The molecule has 0 bridgehead atoms. The van der Waals surface area contributed by atoms with Crippen LogP contribution in [0.25, 0.3) is 0 Å². The molecule has 9 heteroatoms. The Balaban J connectivity index is 2.34. The number of aromatic nitrogens is 2. The molecule has 0 aliphatic carbocycles. The van der Waals surface area contributed by atoms with Crippen molar-refractivity contribution in [2.24, 2.45) is 0 Å². The van der Waals surface area contributed by atoms with Crippen LogP contribution in [-0.4, -0.2) is 41.6 Å². The van der Waals surface area contributed by atoms with Gasteiger partial charge in [0, 0.05) is 18.7 Å². The lowest BCUT2D eigenvalue weighted by molar-refractivity contribution is -0.173. The third-order valence-corrected chi connectivity index (χ3v) is 3.40. The molecule has 0 radical (unpaired) electrons. The maximum atomic E-state index is 11.9. The fourth-order valence-electron chi connectivity index (χ4n) is 2.25. The number of nitriles is 1. The van der Waals surface area contributed by atoms with Gasteiger partial charge < -0.3 is 10.1 Å². The van der Waals surface area contributed by atoms with Crippen LogP contribution < -0.4 is 5.32 Å². The Morgan fingerprint density at radius 1 is 1.42 bits per heavy atom. The maximum absolute atomic E-state index is 11.9. The Morgan fingerprint density at radius 2 is 2.12 bits per heavy atom. The fourth-order valence-corrected chi connectivity index (χ4v) is 2.25. The lowest BCUT2D eigenvalue weighted by Crippen LogP contribution is -2.29. The number of alkyl halides is 3. The molecule has 6 nitrogen and oxygen atoms in total. The topological polar surface area (TPSA) is 79.9 Å². The van der Waals surface area contributed by atoms with E-state index in [-0.39, 0.29) is 25.5 Å². The van der Waals surface area contributed by atoms with Gasteiger partial charge in [-0.2, -0.15) is 23.5 Å². The summed E-state index contributed by atoms with van der Waals surface area (Å²) in [7, 11) is 0. The zero-order valence-electron chi connectivity index (χ0n) is 13.7. The quantitative estimate of drug-likeness (QED) is 0.694. The zero-order valence-corrected chi connectivity index (χ0v) is 13.7. The van der Waals surface area contributed by atoms with Crippen LogP contribution in [-0.2, 0) is 22.5 Å². The van der Waals surface area contributed by atoms with Gasteiger partial charge in [-0.3, -0.25) is 9.48 Å². The molecule has 1 heterocycles. The van der Waals surface area contributed by atoms with Crippen molar-refractivity contribution in [2.75, 3.05) is 19.8 Å². The molecule has 0 fully saturated rings. The molecule has 0 saturated heterocycles. The zero-order chi connectivity index (χ0) is 18.2. The molecule has 0 aliphatic heterocycles. The first-order valence-corrected chi connectivity index (χ1v) is 7.55. The fraction of sp³-hybridized carbons (Fsp3) is 0.667. The summed E-state index contributed by atoms with van der Waals surface area (Å²) in [6, 6.07) is 2.06. The van der Waals surface area contributed by atoms with Crippen LogP contribution in [0.15, 0.2) is 0 Å². The molecule has 0 spiro atoms. The van der Waals surface area contributed by atoms with E-state index in [0.717, 1.165) is 17.0 Å². The van der Waals surface area contributed by atoms with E-state index in [1.54, 1.807) is 4.68 Å². The van der Waals surface area contributed by atoms with Crippen molar-refractivity contribution in [1.29, 1.82) is 5.26 Å². The van der Waals surface area contributed by atoms with Crippen LogP contribution >= 0.6 is 0 Å². The summed E-state index contributed by atoms with van der Waals surface area (Å²) in [5.41, 5.74) is 2.69. The number of hydrogen-bond donors (Lipinski definition) is 1. The number of nitrogens with one attached hydrogen (secondary N) is 1. The van der Waals surface area contributed by atoms with Crippen LogP contribution in [0.4, 0.5) is 13.2 Å². The van der Waals surface area contributed by atoms with Gasteiger partial charge in [-0.05, 0) is 25.8 Å². The smallest absolute Gasteiger partial charge is 0.370 e. The first-order chi connectivity index (χ1) is 11.2. The summed E-state index contributed by atoms with van der Waals surface area (Å²) < 4.78 is 41.8. The number of aryl methyl sites for hydroxylation is 2. The van der Waals surface area contributed by atoms with E-state index in [0.29, 0.717) is 19.4 Å². The molecular weight excluding hydrogens is 325 g/mol. The summed E-state index contributed by atoms with van der Waals surface area (Å²) in [6.07, 6.45) is -3.30. The van der Waals surface area contributed by atoms with Crippen molar-refractivity contribution in [2.45, 2.75) is 45.8 Å². The van der Waals surface area contributed by atoms with Gasteiger partial charge in [0.2, 0.25) is 5.91 Å². The predicted octanol–water partition coefficient (Wildman–Crippen LogP) is 2.04. The number of hydrogen-bond acceptors (Lipinski definition) is 4. The van der Waals surface area contributed by atoms with Crippen molar-refractivity contribution >= 4 is 5.91 Å².